The fraction of sp³-hybridized carbons (Fsp3) is 0.250. The van der Waals surface area contributed by atoms with E-state index in [0.29, 0.717) is 10.1 Å². The van der Waals surface area contributed by atoms with Crippen LogP contribution in [0.5, 0.6) is 0 Å². The van der Waals surface area contributed by atoms with Crippen LogP contribution in [0.2, 0.25) is 0 Å². The average Bonchev–Trinajstić information content (AvgIpc) is 2.75. The molecule has 1 N–H and O–H groups in total. The molecule has 25 heavy (non-hydrogen) atoms. The van der Waals surface area contributed by atoms with Gasteiger partial charge in [-0.25, -0.2) is 0 Å². The van der Waals surface area contributed by atoms with Gasteiger partial charge in [0.05, 0.1) is 0 Å². The Morgan fingerprint density at radius 1 is 0.960 bits per heavy atom. The van der Waals surface area contributed by atoms with E-state index in [1.165, 1.54) is 17.4 Å². The van der Waals surface area contributed by atoms with E-state index < -0.39 is 22.2 Å². The Kier molecular flexibility index (Phi) is 4.54. The predicted octanol–water partition coefficient (Wildman–Crippen LogP) is 3.51. The Morgan fingerprint density at radius 3 is 2.24 bits per heavy atom. The lowest BCUT2D eigenvalue weighted by atomic mass is 9.88. The fourth-order valence-electron chi connectivity index (χ4n) is 2.88. The zero-order valence-electron chi connectivity index (χ0n) is 14.0. The van der Waals surface area contributed by atoms with Crippen LogP contribution in [0.25, 0.3) is 20.2 Å². The van der Waals surface area contributed by atoms with E-state index in [-0.39, 0.29) is 23.8 Å². The second-order valence-electron chi connectivity index (χ2n) is 6.04. The second kappa shape index (κ2) is 6.50. The molecule has 0 amide bonds. The van der Waals surface area contributed by atoms with Crippen molar-refractivity contribution in [2.45, 2.75) is 32.3 Å². The smallest absolute Gasteiger partial charge is 0.235 e. The molecule has 1 aromatic heterocycles. The van der Waals surface area contributed by atoms with E-state index in [1.807, 2.05) is 6.07 Å². The molecule has 0 atom stereocenters. The van der Waals surface area contributed by atoms with Crippen LogP contribution >= 0.6 is 11.3 Å². The summed E-state index contributed by atoms with van der Waals surface area (Å²) in [5, 5.41) is 11.1. The van der Waals surface area contributed by atoms with Crippen molar-refractivity contribution >= 4 is 37.3 Å². The van der Waals surface area contributed by atoms with Crippen molar-refractivity contribution in [2.75, 3.05) is 0 Å². The first kappa shape index (κ1) is 17.5. The molecule has 0 aliphatic rings. The molecular formula is C20H18O4S. The number of carbonyl (C=O) groups excluding carboxylic acids is 1. The Labute approximate surface area is 148 Å². The predicted molar refractivity (Wildman–Crippen MR) is 102 cm³/mol. The molecular weight excluding hydrogens is 336 g/mol. The third kappa shape index (κ3) is 2.90. The monoisotopic (exact) mass is 354 g/mol. The van der Waals surface area contributed by atoms with Gasteiger partial charge in [-0.05, 0) is 43.2 Å². The molecule has 0 radical (unpaired) electrons. The second-order valence-corrected chi connectivity index (χ2v) is 7.12. The summed E-state index contributed by atoms with van der Waals surface area (Å²) in [6.45, 7) is 3.48. The molecule has 3 rings (SSSR count). The molecule has 5 heteroatoms. The highest BCUT2D eigenvalue weighted by molar-refractivity contribution is 7.24. The lowest BCUT2D eigenvalue weighted by Crippen LogP contribution is -2.37. The molecule has 4 nitrogen and oxygen atoms in total. The van der Waals surface area contributed by atoms with Gasteiger partial charge in [0.15, 0.2) is 5.78 Å². The molecule has 128 valence electrons. The summed E-state index contributed by atoms with van der Waals surface area (Å²) in [6.07, 6.45) is 0.568. The quantitative estimate of drug-likeness (QED) is 0.575. The summed E-state index contributed by atoms with van der Waals surface area (Å²) < 4.78 is 1.36. The molecule has 0 aliphatic heterocycles. The first-order valence-electron chi connectivity index (χ1n) is 8.18. The third-order valence-electron chi connectivity index (χ3n) is 4.64. The Hall–Kier alpha value is -2.37. The number of hydrogen-bond donors (Lipinski definition) is 1. The Morgan fingerprint density at radius 2 is 1.56 bits per heavy atom. The van der Waals surface area contributed by atoms with Crippen molar-refractivity contribution < 1.29 is 9.90 Å². The molecule has 1 heterocycles. The van der Waals surface area contributed by atoms with E-state index in [0.717, 1.165) is 4.70 Å². The molecule has 0 saturated carbocycles. The summed E-state index contributed by atoms with van der Waals surface area (Å²) in [7, 11) is 0. The summed E-state index contributed by atoms with van der Waals surface area (Å²) in [5.74, 6) is -0.424. The maximum Gasteiger partial charge on any atom is 0.235 e. The first-order valence-corrected chi connectivity index (χ1v) is 9.00. The largest absolute Gasteiger partial charge is 0.382 e. The normalized spacial score (nSPS) is 11.8. The molecule has 0 fully saturated rings. The van der Waals surface area contributed by atoms with Crippen LogP contribution in [0.3, 0.4) is 0 Å². The first-order chi connectivity index (χ1) is 11.9. The van der Waals surface area contributed by atoms with Gasteiger partial charge in [0.25, 0.3) is 0 Å². The SMILES string of the molecule is CCC(O)(CC)C(=O)c1ccc2sc3ccccc3c(=O)c(=O)c2c1. The van der Waals surface area contributed by atoms with Crippen LogP contribution in [0.4, 0.5) is 0 Å². The lowest BCUT2D eigenvalue weighted by Gasteiger charge is -2.23. The van der Waals surface area contributed by atoms with Crippen molar-refractivity contribution in [1.29, 1.82) is 0 Å². The number of hydrogen-bond acceptors (Lipinski definition) is 5. The van der Waals surface area contributed by atoms with Crippen LogP contribution in [0.15, 0.2) is 52.1 Å². The number of ketones is 1. The number of benzene rings is 2. The number of Topliss-reactive ketones (excluding diaryl/α,β-unsaturated/α-hetero) is 1. The van der Waals surface area contributed by atoms with Gasteiger partial charge in [0.1, 0.15) is 5.60 Å². The van der Waals surface area contributed by atoms with E-state index in [9.17, 15) is 19.5 Å². The minimum absolute atomic E-state index is 0.214. The van der Waals surface area contributed by atoms with Crippen molar-refractivity contribution in [3.8, 4) is 0 Å². The summed E-state index contributed by atoms with van der Waals surface area (Å²) in [5.41, 5.74) is -2.41. The lowest BCUT2D eigenvalue weighted by molar-refractivity contribution is 0.0278. The summed E-state index contributed by atoms with van der Waals surface area (Å²) >= 11 is 1.33. The highest BCUT2D eigenvalue weighted by atomic mass is 32.1. The number of rotatable bonds is 4. The zero-order valence-corrected chi connectivity index (χ0v) is 14.9. The molecule has 3 aromatic rings. The molecule has 0 unspecified atom stereocenters. The van der Waals surface area contributed by atoms with Crippen molar-refractivity contribution in [3.05, 3.63) is 68.5 Å². The van der Waals surface area contributed by atoms with Gasteiger partial charge in [0, 0.05) is 25.7 Å². The van der Waals surface area contributed by atoms with Gasteiger partial charge in [-0.1, -0.05) is 26.0 Å². The Balaban J connectivity index is 2.34. The van der Waals surface area contributed by atoms with Gasteiger partial charge >= 0.3 is 0 Å². The molecule has 0 aliphatic carbocycles. The van der Waals surface area contributed by atoms with Crippen molar-refractivity contribution in [3.63, 3.8) is 0 Å². The van der Waals surface area contributed by atoms with Crippen LogP contribution in [0.1, 0.15) is 37.0 Å². The zero-order chi connectivity index (χ0) is 18.2. The fourth-order valence-corrected chi connectivity index (χ4v) is 3.94. The highest BCUT2D eigenvalue weighted by Gasteiger charge is 2.32. The average molecular weight is 354 g/mol. The third-order valence-corrected chi connectivity index (χ3v) is 5.79. The number of aliphatic hydroxyl groups is 1. The molecule has 2 aromatic carbocycles. The van der Waals surface area contributed by atoms with Gasteiger partial charge < -0.3 is 5.11 Å². The van der Waals surface area contributed by atoms with Crippen LogP contribution in [0, 0.1) is 0 Å². The molecule has 0 saturated heterocycles. The minimum atomic E-state index is -1.46. The van der Waals surface area contributed by atoms with Gasteiger partial charge in [-0.2, -0.15) is 0 Å². The van der Waals surface area contributed by atoms with Crippen molar-refractivity contribution in [2.24, 2.45) is 0 Å². The van der Waals surface area contributed by atoms with Gasteiger partial charge in [-0.3, -0.25) is 14.4 Å². The van der Waals surface area contributed by atoms with E-state index >= 15 is 0 Å². The van der Waals surface area contributed by atoms with Gasteiger partial charge in [0.2, 0.25) is 10.9 Å². The maximum atomic E-state index is 12.7. The maximum absolute atomic E-state index is 12.7. The standard InChI is InChI=1S/C20H18O4S/c1-3-20(24,4-2)19(23)12-9-10-16-14(11-12)18(22)17(21)13-7-5-6-8-15(13)25-16/h5-11,24H,3-4H2,1-2H3. The van der Waals surface area contributed by atoms with Crippen LogP contribution in [-0.4, -0.2) is 16.5 Å². The Bertz CT molecular complexity index is 1090. The summed E-state index contributed by atoms with van der Waals surface area (Å²) in [4.78, 5) is 37.8. The summed E-state index contributed by atoms with van der Waals surface area (Å²) in [6, 6.07) is 11.7. The van der Waals surface area contributed by atoms with E-state index in [1.54, 1.807) is 44.2 Å². The number of carbonyl (C=O) groups is 1. The highest BCUT2D eigenvalue weighted by Crippen LogP contribution is 2.26. The van der Waals surface area contributed by atoms with Crippen molar-refractivity contribution in [1.82, 2.24) is 0 Å². The van der Waals surface area contributed by atoms with Gasteiger partial charge in [-0.15, -0.1) is 11.3 Å². The minimum Gasteiger partial charge on any atom is -0.382 e. The van der Waals surface area contributed by atoms with E-state index in [4.69, 9.17) is 0 Å². The molecule has 0 bridgehead atoms. The van der Waals surface area contributed by atoms with Crippen LogP contribution in [-0.2, 0) is 0 Å². The topological polar surface area (TPSA) is 71.4 Å². The number of fused-ring (bicyclic) bond motifs is 2. The molecule has 0 spiro atoms. The van der Waals surface area contributed by atoms with E-state index in [2.05, 4.69) is 0 Å². The van der Waals surface area contributed by atoms with Crippen LogP contribution < -0.4 is 10.9 Å².